The molecule has 0 fully saturated rings. The maximum atomic E-state index is 6.30. The highest BCUT2D eigenvalue weighted by molar-refractivity contribution is 6.28. The van der Waals surface area contributed by atoms with E-state index < -0.39 is 0 Å². The van der Waals surface area contributed by atoms with Crippen LogP contribution in [0.1, 0.15) is 0 Å². The predicted octanol–water partition coefficient (Wildman–Crippen LogP) is 8.35. The summed E-state index contributed by atoms with van der Waals surface area (Å²) in [6, 6.07) is 41.6. The van der Waals surface area contributed by atoms with Gasteiger partial charge in [-0.1, -0.05) is 115 Å². The molecule has 6 aromatic rings. The minimum absolute atomic E-state index is 0.177. The molecular weight excluding hydrogens is 450 g/mol. The van der Waals surface area contributed by atoms with Crippen molar-refractivity contribution in [2.75, 3.05) is 0 Å². The molecule has 5 aromatic carbocycles. The maximum Gasteiger partial charge on any atom is 0.226 e. The van der Waals surface area contributed by atoms with Crippen LogP contribution in [0.15, 0.2) is 121 Å². The van der Waals surface area contributed by atoms with Gasteiger partial charge in [0.15, 0.2) is 11.6 Å². The average molecular weight is 470 g/mol. The second kappa shape index (κ2) is 9.13. The summed E-state index contributed by atoms with van der Waals surface area (Å²) in [7, 11) is 0. The van der Waals surface area contributed by atoms with E-state index in [4.69, 9.17) is 16.6 Å². The van der Waals surface area contributed by atoms with E-state index in [1.165, 1.54) is 21.9 Å². The van der Waals surface area contributed by atoms with Crippen molar-refractivity contribution in [3.63, 3.8) is 0 Å². The van der Waals surface area contributed by atoms with Gasteiger partial charge in [-0.2, -0.15) is 9.97 Å². The molecular formula is C31H20ClN3. The van der Waals surface area contributed by atoms with Crippen molar-refractivity contribution >= 4 is 22.4 Å². The third kappa shape index (κ3) is 4.42. The number of fused-ring (bicyclic) bond motifs is 1. The minimum atomic E-state index is 0.177. The average Bonchev–Trinajstić information content (AvgIpc) is 2.93. The first-order chi connectivity index (χ1) is 17.2. The van der Waals surface area contributed by atoms with Gasteiger partial charge >= 0.3 is 0 Å². The van der Waals surface area contributed by atoms with Crippen LogP contribution in [-0.4, -0.2) is 15.0 Å². The van der Waals surface area contributed by atoms with E-state index in [-0.39, 0.29) is 5.28 Å². The first kappa shape index (κ1) is 21.2. The molecule has 1 aromatic heterocycles. The van der Waals surface area contributed by atoms with Crippen LogP contribution in [0.2, 0.25) is 5.28 Å². The molecule has 0 amide bonds. The van der Waals surface area contributed by atoms with Gasteiger partial charge in [0.25, 0.3) is 0 Å². The molecule has 1 heterocycles. The molecule has 0 bridgehead atoms. The summed E-state index contributed by atoms with van der Waals surface area (Å²) in [4.78, 5) is 13.5. The lowest BCUT2D eigenvalue weighted by Gasteiger charge is -2.08. The zero-order valence-corrected chi connectivity index (χ0v) is 19.5. The number of benzene rings is 5. The number of halogens is 1. The van der Waals surface area contributed by atoms with Crippen molar-refractivity contribution in [2.45, 2.75) is 0 Å². The van der Waals surface area contributed by atoms with Crippen molar-refractivity contribution in [3.8, 4) is 45.0 Å². The van der Waals surface area contributed by atoms with Gasteiger partial charge in [-0.3, -0.25) is 0 Å². The van der Waals surface area contributed by atoms with Gasteiger partial charge in [-0.25, -0.2) is 4.98 Å². The largest absolute Gasteiger partial charge is 0.226 e. The Labute approximate surface area is 208 Å². The number of nitrogens with zero attached hydrogens (tertiary/aromatic N) is 3. The fraction of sp³-hybridized carbons (Fsp3) is 0. The van der Waals surface area contributed by atoms with Crippen LogP contribution < -0.4 is 0 Å². The van der Waals surface area contributed by atoms with Crippen molar-refractivity contribution in [1.82, 2.24) is 15.0 Å². The molecule has 166 valence electrons. The SMILES string of the molecule is Clc1nc(-c2ccc(-c3ccccc3)cc2)nc(-c2ccc(-c3ccc4ccccc4c3)cc2)n1. The molecule has 0 aliphatic rings. The predicted molar refractivity (Wildman–Crippen MR) is 144 cm³/mol. The Bertz CT molecular complexity index is 1630. The molecule has 0 unspecified atom stereocenters. The Kier molecular flexibility index (Phi) is 5.53. The van der Waals surface area contributed by atoms with E-state index in [2.05, 4.69) is 88.8 Å². The number of rotatable bonds is 4. The molecule has 35 heavy (non-hydrogen) atoms. The van der Waals surface area contributed by atoms with E-state index >= 15 is 0 Å². The highest BCUT2D eigenvalue weighted by atomic mass is 35.5. The Morgan fingerprint density at radius 3 is 1.46 bits per heavy atom. The molecule has 0 radical (unpaired) electrons. The van der Waals surface area contributed by atoms with Crippen LogP contribution in [0, 0.1) is 0 Å². The van der Waals surface area contributed by atoms with E-state index in [1.54, 1.807) is 0 Å². The Balaban J connectivity index is 1.30. The first-order valence-electron chi connectivity index (χ1n) is 11.4. The van der Waals surface area contributed by atoms with Crippen LogP contribution in [0.3, 0.4) is 0 Å². The summed E-state index contributed by atoms with van der Waals surface area (Å²) in [5.41, 5.74) is 6.39. The first-order valence-corrected chi connectivity index (χ1v) is 11.8. The van der Waals surface area contributed by atoms with Gasteiger partial charge in [-0.05, 0) is 50.7 Å². The summed E-state index contributed by atoms with van der Waals surface area (Å²) in [5, 5.41) is 2.63. The number of hydrogen-bond acceptors (Lipinski definition) is 3. The third-order valence-corrected chi connectivity index (χ3v) is 6.25. The topological polar surface area (TPSA) is 38.7 Å². The van der Waals surface area contributed by atoms with Gasteiger partial charge in [0.05, 0.1) is 0 Å². The summed E-state index contributed by atoms with van der Waals surface area (Å²) in [5.74, 6) is 1.11. The minimum Gasteiger partial charge on any atom is -0.208 e. The molecule has 3 nitrogen and oxygen atoms in total. The summed E-state index contributed by atoms with van der Waals surface area (Å²) >= 11 is 6.30. The zero-order chi connectivity index (χ0) is 23.6. The smallest absolute Gasteiger partial charge is 0.208 e. The van der Waals surface area contributed by atoms with Crippen molar-refractivity contribution in [2.24, 2.45) is 0 Å². The Hall–Kier alpha value is -4.34. The third-order valence-electron chi connectivity index (χ3n) is 6.08. The second-order valence-corrected chi connectivity index (χ2v) is 8.67. The van der Waals surface area contributed by atoms with Crippen molar-refractivity contribution in [3.05, 3.63) is 127 Å². The van der Waals surface area contributed by atoms with E-state index in [0.717, 1.165) is 22.3 Å². The van der Waals surface area contributed by atoms with Gasteiger partial charge in [0.1, 0.15) is 0 Å². The lowest BCUT2D eigenvalue weighted by Crippen LogP contribution is -1.97. The van der Waals surface area contributed by atoms with Crippen LogP contribution in [0.5, 0.6) is 0 Å². The van der Waals surface area contributed by atoms with Crippen LogP contribution in [-0.2, 0) is 0 Å². The molecule has 0 aliphatic carbocycles. The molecule has 0 atom stereocenters. The van der Waals surface area contributed by atoms with Gasteiger partial charge in [0.2, 0.25) is 5.28 Å². The maximum absolute atomic E-state index is 6.30. The molecule has 4 heteroatoms. The Morgan fingerprint density at radius 2 is 0.829 bits per heavy atom. The van der Waals surface area contributed by atoms with Gasteiger partial charge in [0, 0.05) is 11.1 Å². The van der Waals surface area contributed by atoms with Crippen LogP contribution in [0.25, 0.3) is 55.8 Å². The fourth-order valence-electron chi connectivity index (χ4n) is 4.23. The lowest BCUT2D eigenvalue weighted by molar-refractivity contribution is 1.07. The molecule has 6 rings (SSSR count). The van der Waals surface area contributed by atoms with Gasteiger partial charge < -0.3 is 0 Å². The van der Waals surface area contributed by atoms with E-state index in [1.807, 2.05) is 42.5 Å². The van der Waals surface area contributed by atoms with E-state index in [9.17, 15) is 0 Å². The van der Waals surface area contributed by atoms with E-state index in [0.29, 0.717) is 11.6 Å². The monoisotopic (exact) mass is 469 g/mol. The summed E-state index contributed by atoms with van der Waals surface area (Å²) in [6.45, 7) is 0. The highest BCUT2D eigenvalue weighted by Crippen LogP contribution is 2.28. The Morgan fingerprint density at radius 1 is 0.371 bits per heavy atom. The lowest BCUT2D eigenvalue weighted by atomic mass is 10.0. The molecule has 0 aliphatic heterocycles. The molecule has 0 saturated carbocycles. The van der Waals surface area contributed by atoms with Crippen LogP contribution >= 0.6 is 11.6 Å². The fourth-order valence-corrected chi connectivity index (χ4v) is 4.39. The normalized spacial score (nSPS) is 11.0. The van der Waals surface area contributed by atoms with Crippen molar-refractivity contribution in [1.29, 1.82) is 0 Å². The second-order valence-electron chi connectivity index (χ2n) is 8.33. The molecule has 0 spiro atoms. The zero-order valence-electron chi connectivity index (χ0n) is 18.8. The highest BCUT2D eigenvalue weighted by Gasteiger charge is 2.10. The van der Waals surface area contributed by atoms with Crippen molar-refractivity contribution < 1.29 is 0 Å². The number of hydrogen-bond donors (Lipinski definition) is 0. The number of aromatic nitrogens is 3. The molecule has 0 saturated heterocycles. The van der Waals surface area contributed by atoms with Gasteiger partial charge in [-0.15, -0.1) is 0 Å². The van der Waals surface area contributed by atoms with Crippen LogP contribution in [0.4, 0.5) is 0 Å². The standard InChI is InChI=1S/C31H20ClN3/c32-31-34-29(25-15-10-23(11-16-25)21-6-2-1-3-7-21)33-30(35-31)26-17-12-24(13-18-26)28-19-14-22-8-4-5-9-27(22)20-28/h1-20H. The molecule has 0 N–H and O–H groups in total. The summed E-state index contributed by atoms with van der Waals surface area (Å²) < 4.78 is 0. The summed E-state index contributed by atoms with van der Waals surface area (Å²) in [6.07, 6.45) is 0. The quantitative estimate of drug-likeness (QED) is 0.260.